The van der Waals surface area contributed by atoms with Crippen LogP contribution >= 0.6 is 0 Å². The summed E-state index contributed by atoms with van der Waals surface area (Å²) in [6, 6.07) is 35.2. The van der Waals surface area contributed by atoms with Crippen LogP contribution in [0, 0.1) is 5.82 Å². The Kier molecular flexibility index (Phi) is 11.0. The molecule has 0 saturated carbocycles. The molecule has 0 aromatic heterocycles. The zero-order valence-electron chi connectivity index (χ0n) is 26.1. The molecule has 5 rings (SSSR count). The molecular weight excluding hydrogens is 633 g/mol. The Morgan fingerprint density at radius 3 is 1.98 bits per heavy atom. The highest BCUT2D eigenvalue weighted by molar-refractivity contribution is 7.92. The molecule has 5 aromatic carbocycles. The van der Waals surface area contributed by atoms with Crippen molar-refractivity contribution in [1.29, 1.82) is 0 Å². The molecule has 0 radical (unpaired) electrons. The number of hydrogen-bond acceptors (Lipinski definition) is 6. The lowest BCUT2D eigenvalue weighted by atomic mass is 10.0. The molecule has 1 atom stereocenters. The van der Waals surface area contributed by atoms with Crippen LogP contribution in [-0.2, 0) is 32.7 Å². The highest BCUT2D eigenvalue weighted by Crippen LogP contribution is 2.25. The predicted octanol–water partition coefficient (Wildman–Crippen LogP) is 6.10. The minimum Gasteiger partial charge on any atom is -0.497 e. The van der Waals surface area contributed by atoms with Gasteiger partial charge in [-0.15, -0.1) is 0 Å². The van der Waals surface area contributed by atoms with Crippen molar-refractivity contribution < 1.29 is 31.9 Å². The monoisotopic (exact) mass is 667 g/mol. The first-order chi connectivity index (χ1) is 23.2. The van der Waals surface area contributed by atoms with E-state index in [1.165, 1.54) is 41.3 Å². The molecule has 0 fully saturated rings. The summed E-state index contributed by atoms with van der Waals surface area (Å²) >= 11 is 0. The van der Waals surface area contributed by atoms with Gasteiger partial charge in [0, 0.05) is 18.8 Å². The van der Waals surface area contributed by atoms with Gasteiger partial charge in [0.05, 0.1) is 12.0 Å². The van der Waals surface area contributed by atoms with Crippen LogP contribution in [0.5, 0.6) is 11.5 Å². The van der Waals surface area contributed by atoms with Gasteiger partial charge in [-0.1, -0.05) is 72.8 Å². The summed E-state index contributed by atoms with van der Waals surface area (Å²) in [5, 5.41) is 2.97. The fourth-order valence-corrected chi connectivity index (χ4v) is 5.97. The lowest BCUT2D eigenvalue weighted by Crippen LogP contribution is -2.45. The summed E-state index contributed by atoms with van der Waals surface area (Å²) in [6.07, 6.45) is 0. The lowest BCUT2D eigenvalue weighted by Gasteiger charge is -2.31. The molecule has 0 aliphatic heterocycles. The Morgan fingerprint density at radius 2 is 1.35 bits per heavy atom. The van der Waals surface area contributed by atoms with E-state index in [0.29, 0.717) is 11.3 Å². The quantitative estimate of drug-likeness (QED) is 0.148. The fraction of sp³-hybridized carbons (Fsp3) is 0.135. The van der Waals surface area contributed by atoms with Gasteiger partial charge in [-0.3, -0.25) is 14.3 Å². The van der Waals surface area contributed by atoms with Gasteiger partial charge >= 0.3 is 0 Å². The van der Waals surface area contributed by atoms with Crippen LogP contribution in [0.25, 0.3) is 0 Å². The van der Waals surface area contributed by atoms with Crippen molar-refractivity contribution >= 4 is 27.5 Å². The van der Waals surface area contributed by atoms with Gasteiger partial charge in [0.1, 0.15) is 23.4 Å². The molecule has 9 nitrogen and oxygen atoms in total. The van der Waals surface area contributed by atoms with Gasteiger partial charge < -0.3 is 19.7 Å². The van der Waals surface area contributed by atoms with Crippen molar-refractivity contribution in [3.05, 3.63) is 156 Å². The number of carbonyl (C=O) groups excluding carboxylic acids is 2. The second-order valence-electron chi connectivity index (χ2n) is 10.8. The zero-order valence-corrected chi connectivity index (χ0v) is 26.9. The third-order valence-corrected chi connectivity index (χ3v) is 8.81. The van der Waals surface area contributed by atoms with E-state index in [-0.39, 0.29) is 35.3 Å². The van der Waals surface area contributed by atoms with Crippen LogP contribution in [0.1, 0.15) is 22.7 Å². The van der Waals surface area contributed by atoms with Crippen molar-refractivity contribution in [2.24, 2.45) is 0 Å². The summed E-state index contributed by atoms with van der Waals surface area (Å²) in [5.41, 5.74) is 2.51. The van der Waals surface area contributed by atoms with Crippen molar-refractivity contribution in [3.8, 4) is 11.5 Å². The van der Waals surface area contributed by atoms with E-state index in [1.807, 2.05) is 60.7 Å². The van der Waals surface area contributed by atoms with E-state index < -0.39 is 34.4 Å². The molecule has 2 amide bonds. The first-order valence-corrected chi connectivity index (χ1v) is 16.5. The number of amides is 2. The Hall–Kier alpha value is -5.68. The lowest BCUT2D eigenvalue weighted by molar-refractivity contribution is -0.143. The average Bonchev–Trinajstić information content (AvgIpc) is 3.11. The Balaban J connectivity index is 1.33. The number of methoxy groups -OCH3 is 1. The minimum atomic E-state index is -3.96. The number of benzene rings is 5. The maximum Gasteiger partial charge on any atom is 0.261 e. The Bertz CT molecular complexity index is 1910. The van der Waals surface area contributed by atoms with Gasteiger partial charge in [0.2, 0.25) is 5.91 Å². The summed E-state index contributed by atoms with van der Waals surface area (Å²) < 4.78 is 52.3. The van der Waals surface area contributed by atoms with E-state index >= 15 is 0 Å². The van der Waals surface area contributed by atoms with Gasteiger partial charge in [0.25, 0.3) is 15.9 Å². The van der Waals surface area contributed by atoms with Gasteiger partial charge in [-0.25, -0.2) is 12.8 Å². The standard InChI is InChI=1S/C37H34FN3O6S/c1-46-32-18-12-27(13-19-32)24-39-37(43)36(29-10-6-3-7-11-29)41(25-28-8-4-2-5-9-28)35(42)26-47-33-20-22-34(23-21-33)48(44,45)40-31-16-14-30(38)15-17-31/h2-23,36,40H,24-26H2,1H3,(H,39,43)/t36-/m1/s1. The summed E-state index contributed by atoms with van der Waals surface area (Å²) in [4.78, 5) is 29.2. The van der Waals surface area contributed by atoms with Crippen LogP contribution in [-0.4, -0.2) is 38.8 Å². The van der Waals surface area contributed by atoms with Crippen molar-refractivity contribution in [2.75, 3.05) is 18.4 Å². The first kappa shape index (κ1) is 33.7. The number of carbonyl (C=O) groups is 2. The average molecular weight is 668 g/mol. The molecule has 0 saturated heterocycles. The molecule has 5 aromatic rings. The van der Waals surface area contributed by atoms with Crippen molar-refractivity contribution in [1.82, 2.24) is 10.2 Å². The molecule has 0 aliphatic carbocycles. The topological polar surface area (TPSA) is 114 Å². The van der Waals surface area contributed by atoms with Crippen LogP contribution < -0.4 is 19.5 Å². The van der Waals surface area contributed by atoms with E-state index in [2.05, 4.69) is 10.0 Å². The van der Waals surface area contributed by atoms with Gasteiger partial charge in [-0.05, 0) is 77.4 Å². The first-order valence-electron chi connectivity index (χ1n) is 15.0. The predicted molar refractivity (Wildman–Crippen MR) is 180 cm³/mol. The second kappa shape index (κ2) is 15.7. The van der Waals surface area contributed by atoms with E-state index in [9.17, 15) is 22.4 Å². The van der Waals surface area contributed by atoms with E-state index in [0.717, 1.165) is 23.3 Å². The Labute approximate surface area is 279 Å². The number of hydrogen-bond donors (Lipinski definition) is 2. The minimum absolute atomic E-state index is 0.0473. The molecule has 0 spiro atoms. The largest absolute Gasteiger partial charge is 0.497 e. The summed E-state index contributed by atoms with van der Waals surface area (Å²) in [5.74, 6) is -0.360. The van der Waals surface area contributed by atoms with Crippen molar-refractivity contribution in [2.45, 2.75) is 24.0 Å². The molecule has 11 heteroatoms. The van der Waals surface area contributed by atoms with E-state index in [4.69, 9.17) is 9.47 Å². The summed E-state index contributed by atoms with van der Waals surface area (Å²) in [6.45, 7) is -0.0477. The van der Waals surface area contributed by atoms with Crippen LogP contribution in [0.2, 0.25) is 0 Å². The third-order valence-electron chi connectivity index (χ3n) is 7.41. The highest BCUT2D eigenvalue weighted by atomic mass is 32.2. The molecule has 0 unspecified atom stereocenters. The smallest absolute Gasteiger partial charge is 0.261 e. The molecular formula is C37H34FN3O6S. The molecule has 246 valence electrons. The van der Waals surface area contributed by atoms with E-state index in [1.54, 1.807) is 31.4 Å². The number of rotatable bonds is 14. The fourth-order valence-electron chi connectivity index (χ4n) is 4.92. The maximum atomic E-state index is 13.9. The zero-order chi connectivity index (χ0) is 33.9. The number of sulfonamides is 1. The van der Waals surface area contributed by atoms with Crippen LogP contribution in [0.3, 0.4) is 0 Å². The number of halogens is 1. The maximum absolute atomic E-state index is 13.9. The number of anilines is 1. The number of ether oxygens (including phenoxy) is 2. The molecule has 0 heterocycles. The second-order valence-corrected chi connectivity index (χ2v) is 12.4. The number of nitrogens with one attached hydrogen (secondary N) is 2. The van der Waals surface area contributed by atoms with Crippen LogP contribution in [0.15, 0.2) is 138 Å². The highest BCUT2D eigenvalue weighted by Gasteiger charge is 2.32. The van der Waals surface area contributed by atoms with Gasteiger partial charge in [-0.2, -0.15) is 0 Å². The van der Waals surface area contributed by atoms with Gasteiger partial charge in [0.15, 0.2) is 6.61 Å². The molecule has 0 bridgehead atoms. The molecule has 0 aliphatic rings. The van der Waals surface area contributed by atoms with Crippen LogP contribution in [0.4, 0.5) is 10.1 Å². The summed E-state index contributed by atoms with van der Waals surface area (Å²) in [7, 11) is -2.38. The normalized spacial score (nSPS) is 11.6. The Morgan fingerprint density at radius 1 is 0.750 bits per heavy atom. The SMILES string of the molecule is COc1ccc(CNC(=O)[C@@H](c2ccccc2)N(Cc2ccccc2)C(=O)COc2ccc(S(=O)(=O)Nc3ccc(F)cc3)cc2)cc1. The number of nitrogens with zero attached hydrogens (tertiary/aromatic N) is 1. The third kappa shape index (κ3) is 8.98. The molecule has 2 N–H and O–H groups in total. The van der Waals surface area contributed by atoms with Crippen molar-refractivity contribution in [3.63, 3.8) is 0 Å². The molecule has 48 heavy (non-hydrogen) atoms.